The number of methoxy groups -OCH3 is 2. The fourth-order valence-corrected chi connectivity index (χ4v) is 6.25. The SMILES string of the molecule is COC(=O)CC1Cc2ccccc2CN1C(=O)CN(CCc1ccc(OC)cc1)C(=O)[C@H]1Cc2ccccc2N1C(=O)OC(C)(C)C. The van der Waals surface area contributed by atoms with Crippen LogP contribution in [0.2, 0.25) is 0 Å². The fourth-order valence-electron chi connectivity index (χ4n) is 6.25. The number of esters is 1. The van der Waals surface area contributed by atoms with Crippen molar-refractivity contribution in [2.24, 2.45) is 0 Å². The summed E-state index contributed by atoms with van der Waals surface area (Å²) in [5.41, 5.74) is 3.74. The molecule has 0 bridgehead atoms. The van der Waals surface area contributed by atoms with Crippen molar-refractivity contribution in [3.8, 4) is 5.75 Å². The first kappa shape index (κ1) is 33.5. The Kier molecular flexibility index (Phi) is 10.2. The first-order valence-electron chi connectivity index (χ1n) is 15.9. The molecule has 0 spiro atoms. The summed E-state index contributed by atoms with van der Waals surface area (Å²) in [4.78, 5) is 59.3. The molecule has 2 aliphatic rings. The number of anilines is 1. The molecule has 2 atom stereocenters. The van der Waals surface area contributed by atoms with Gasteiger partial charge in [0.2, 0.25) is 11.8 Å². The molecule has 0 radical (unpaired) electrons. The van der Waals surface area contributed by atoms with E-state index in [4.69, 9.17) is 14.2 Å². The molecule has 47 heavy (non-hydrogen) atoms. The number of amides is 3. The largest absolute Gasteiger partial charge is 0.497 e. The molecule has 10 heteroatoms. The van der Waals surface area contributed by atoms with E-state index in [-0.39, 0.29) is 31.3 Å². The number of carbonyl (C=O) groups excluding carboxylic acids is 4. The van der Waals surface area contributed by atoms with Crippen LogP contribution in [0.25, 0.3) is 0 Å². The van der Waals surface area contributed by atoms with Crippen molar-refractivity contribution >= 4 is 29.6 Å². The number of carbonyl (C=O) groups is 4. The monoisotopic (exact) mass is 641 g/mol. The van der Waals surface area contributed by atoms with Gasteiger partial charge in [0.05, 0.1) is 32.9 Å². The average Bonchev–Trinajstić information content (AvgIpc) is 3.45. The summed E-state index contributed by atoms with van der Waals surface area (Å²) in [6, 6.07) is 21.5. The van der Waals surface area contributed by atoms with Gasteiger partial charge in [-0.15, -0.1) is 0 Å². The predicted molar refractivity (Wildman–Crippen MR) is 177 cm³/mol. The number of ether oxygens (including phenoxy) is 3. The van der Waals surface area contributed by atoms with Gasteiger partial charge in [-0.05, 0) is 74.1 Å². The van der Waals surface area contributed by atoms with Crippen molar-refractivity contribution in [3.63, 3.8) is 0 Å². The zero-order chi connectivity index (χ0) is 33.7. The van der Waals surface area contributed by atoms with Crippen LogP contribution in [0.1, 0.15) is 49.4 Å². The lowest BCUT2D eigenvalue weighted by Gasteiger charge is -2.38. The highest BCUT2D eigenvalue weighted by atomic mass is 16.6. The Labute approximate surface area is 276 Å². The van der Waals surface area contributed by atoms with E-state index in [1.807, 2.05) is 72.8 Å². The van der Waals surface area contributed by atoms with Crippen LogP contribution in [0.15, 0.2) is 72.8 Å². The number of fused-ring (bicyclic) bond motifs is 2. The molecule has 0 aromatic heterocycles. The highest BCUT2D eigenvalue weighted by molar-refractivity contribution is 6.01. The van der Waals surface area contributed by atoms with Gasteiger partial charge in [0.15, 0.2) is 0 Å². The van der Waals surface area contributed by atoms with E-state index in [2.05, 4.69) is 0 Å². The van der Waals surface area contributed by atoms with Crippen LogP contribution >= 0.6 is 0 Å². The second-order valence-corrected chi connectivity index (χ2v) is 13.0. The average molecular weight is 642 g/mol. The molecule has 0 saturated heterocycles. The Hall–Kier alpha value is -4.86. The van der Waals surface area contributed by atoms with Gasteiger partial charge in [-0.3, -0.25) is 19.3 Å². The second-order valence-electron chi connectivity index (χ2n) is 13.0. The third kappa shape index (κ3) is 7.93. The number of rotatable bonds is 9. The van der Waals surface area contributed by atoms with E-state index in [9.17, 15) is 19.2 Å². The van der Waals surface area contributed by atoms with Crippen LogP contribution in [0.3, 0.4) is 0 Å². The molecule has 0 saturated carbocycles. The van der Waals surface area contributed by atoms with E-state index in [1.54, 1.807) is 32.8 Å². The molecule has 0 fully saturated rings. The summed E-state index contributed by atoms with van der Waals surface area (Å²) < 4.78 is 16.0. The van der Waals surface area contributed by atoms with Gasteiger partial charge in [-0.1, -0.05) is 54.6 Å². The molecular formula is C37H43N3O7. The van der Waals surface area contributed by atoms with Crippen LogP contribution in [0.5, 0.6) is 5.75 Å². The van der Waals surface area contributed by atoms with Crippen molar-refractivity contribution in [2.45, 2.75) is 70.7 Å². The van der Waals surface area contributed by atoms with Gasteiger partial charge in [0.1, 0.15) is 17.4 Å². The lowest BCUT2D eigenvalue weighted by atomic mass is 9.92. The standard InChI is InChI=1S/C37H43N3O7/c1-37(2,3)47-36(44)40-31-13-9-8-11-27(31)21-32(40)35(43)38(19-18-25-14-16-30(45-4)17-15-25)24-33(41)39-23-28-12-7-6-10-26(28)20-29(39)22-34(42)46-5/h6-17,29,32H,18-24H2,1-5H3/t29?,32-/m1/s1. The summed E-state index contributed by atoms with van der Waals surface area (Å²) in [6.07, 6.45) is 0.697. The topological polar surface area (TPSA) is 106 Å². The highest BCUT2D eigenvalue weighted by Crippen LogP contribution is 2.34. The third-order valence-corrected chi connectivity index (χ3v) is 8.62. The Bertz CT molecular complexity index is 1610. The normalized spacial score (nSPS) is 17.0. The smallest absolute Gasteiger partial charge is 0.415 e. The minimum Gasteiger partial charge on any atom is -0.497 e. The number of nitrogens with zero attached hydrogens (tertiary/aromatic N) is 3. The molecule has 2 aliphatic heterocycles. The van der Waals surface area contributed by atoms with Gasteiger partial charge in [0.25, 0.3) is 0 Å². The van der Waals surface area contributed by atoms with Crippen LogP contribution in [-0.2, 0) is 49.7 Å². The second kappa shape index (κ2) is 14.3. The summed E-state index contributed by atoms with van der Waals surface area (Å²) in [6.45, 7) is 5.68. The maximum atomic E-state index is 14.6. The molecule has 2 heterocycles. The molecule has 10 nitrogen and oxygen atoms in total. The molecule has 3 aromatic carbocycles. The van der Waals surface area contributed by atoms with Crippen molar-refractivity contribution in [1.82, 2.24) is 9.80 Å². The van der Waals surface area contributed by atoms with Crippen molar-refractivity contribution in [1.29, 1.82) is 0 Å². The van der Waals surface area contributed by atoms with E-state index in [1.165, 1.54) is 16.9 Å². The zero-order valence-electron chi connectivity index (χ0n) is 27.7. The van der Waals surface area contributed by atoms with Gasteiger partial charge in [-0.25, -0.2) is 4.79 Å². The summed E-state index contributed by atoms with van der Waals surface area (Å²) in [7, 11) is 2.93. The quantitative estimate of drug-likeness (QED) is 0.305. The third-order valence-electron chi connectivity index (χ3n) is 8.62. The van der Waals surface area contributed by atoms with E-state index >= 15 is 0 Å². The van der Waals surface area contributed by atoms with Gasteiger partial charge < -0.3 is 24.0 Å². The molecule has 3 aromatic rings. The summed E-state index contributed by atoms with van der Waals surface area (Å²) in [5, 5.41) is 0. The number of para-hydroxylation sites is 1. The van der Waals surface area contributed by atoms with Gasteiger partial charge >= 0.3 is 12.1 Å². The van der Waals surface area contributed by atoms with Crippen LogP contribution in [0, 0.1) is 0 Å². The molecule has 0 aliphatic carbocycles. The van der Waals surface area contributed by atoms with Gasteiger partial charge in [0, 0.05) is 25.6 Å². The molecule has 3 amide bonds. The molecule has 1 unspecified atom stereocenters. The van der Waals surface area contributed by atoms with Crippen LogP contribution in [-0.4, -0.2) is 78.7 Å². The van der Waals surface area contributed by atoms with Crippen molar-refractivity contribution < 1.29 is 33.4 Å². The first-order chi connectivity index (χ1) is 22.5. The Balaban J connectivity index is 1.44. The first-order valence-corrected chi connectivity index (χ1v) is 15.9. The number of hydrogen-bond donors (Lipinski definition) is 0. The summed E-state index contributed by atoms with van der Waals surface area (Å²) >= 11 is 0. The van der Waals surface area contributed by atoms with E-state index < -0.39 is 29.7 Å². The lowest BCUT2D eigenvalue weighted by molar-refractivity contribution is -0.147. The maximum Gasteiger partial charge on any atom is 0.415 e. The fraction of sp³-hybridized carbons (Fsp3) is 0.405. The lowest BCUT2D eigenvalue weighted by Crippen LogP contribution is -2.55. The van der Waals surface area contributed by atoms with Crippen LogP contribution < -0.4 is 9.64 Å². The van der Waals surface area contributed by atoms with E-state index in [0.29, 0.717) is 31.5 Å². The Morgan fingerprint density at radius 3 is 2.17 bits per heavy atom. The van der Waals surface area contributed by atoms with Crippen molar-refractivity contribution in [3.05, 3.63) is 95.1 Å². The molecule has 0 N–H and O–H groups in total. The molecule has 248 valence electrons. The zero-order valence-corrected chi connectivity index (χ0v) is 27.7. The Morgan fingerprint density at radius 2 is 1.51 bits per heavy atom. The minimum atomic E-state index is -0.890. The number of hydrogen-bond acceptors (Lipinski definition) is 7. The van der Waals surface area contributed by atoms with E-state index in [0.717, 1.165) is 28.0 Å². The number of benzene rings is 3. The van der Waals surface area contributed by atoms with Crippen LogP contribution in [0.4, 0.5) is 10.5 Å². The summed E-state index contributed by atoms with van der Waals surface area (Å²) in [5.74, 6) is -0.321. The molecular weight excluding hydrogens is 598 g/mol. The minimum absolute atomic E-state index is 0.0424. The highest BCUT2D eigenvalue weighted by Gasteiger charge is 2.43. The predicted octanol–water partition coefficient (Wildman–Crippen LogP) is 4.95. The Morgan fingerprint density at radius 1 is 0.851 bits per heavy atom. The van der Waals surface area contributed by atoms with Crippen molar-refractivity contribution in [2.75, 3.05) is 32.2 Å². The van der Waals surface area contributed by atoms with Gasteiger partial charge in [-0.2, -0.15) is 0 Å². The maximum absolute atomic E-state index is 14.6. The molecule has 5 rings (SSSR count).